The lowest BCUT2D eigenvalue weighted by Crippen LogP contribution is -2.44. The molecule has 1 aliphatic heterocycles. The van der Waals surface area contributed by atoms with Gasteiger partial charge in [-0.25, -0.2) is 13.2 Å². The van der Waals surface area contributed by atoms with Crippen LogP contribution in [-0.4, -0.2) is 57.7 Å². The van der Waals surface area contributed by atoms with E-state index in [2.05, 4.69) is 5.32 Å². The van der Waals surface area contributed by atoms with Crippen molar-refractivity contribution < 1.29 is 22.4 Å². The van der Waals surface area contributed by atoms with Crippen molar-refractivity contribution in [3.63, 3.8) is 0 Å². The molecule has 8 heteroatoms. The van der Waals surface area contributed by atoms with Crippen LogP contribution in [0.5, 0.6) is 0 Å². The number of furan rings is 1. The quantitative estimate of drug-likeness (QED) is 0.873. The highest BCUT2D eigenvalue weighted by atomic mass is 32.2. The number of urea groups is 1. The second kappa shape index (κ2) is 7.83. The number of sulfone groups is 1. The standard InChI is InChI=1S/C15H24N2O5S/c1-12-10-17(6-9-23(19,20)11-12)15(18)16-13(5-8-21-2)14-4-3-7-22-14/h3-4,7,12-13H,5-6,8-11H2,1-2H3,(H,16,18)/t12-,13-/m1/s1. The van der Waals surface area contributed by atoms with E-state index in [1.165, 1.54) is 0 Å². The second-order valence-electron chi connectivity index (χ2n) is 5.96. The zero-order valence-corrected chi connectivity index (χ0v) is 14.3. The molecule has 2 atom stereocenters. The monoisotopic (exact) mass is 344 g/mol. The fourth-order valence-corrected chi connectivity index (χ4v) is 4.36. The molecule has 7 nitrogen and oxygen atoms in total. The van der Waals surface area contributed by atoms with Crippen molar-refractivity contribution in [1.29, 1.82) is 0 Å². The van der Waals surface area contributed by atoms with Crippen molar-refractivity contribution in [2.45, 2.75) is 19.4 Å². The summed E-state index contributed by atoms with van der Waals surface area (Å²) < 4.78 is 34.1. The number of nitrogens with one attached hydrogen (secondary N) is 1. The molecule has 1 fully saturated rings. The number of ether oxygens (including phenoxy) is 1. The molecule has 2 heterocycles. The highest BCUT2D eigenvalue weighted by Crippen LogP contribution is 2.19. The van der Waals surface area contributed by atoms with Crippen LogP contribution in [0.25, 0.3) is 0 Å². The van der Waals surface area contributed by atoms with Crippen LogP contribution in [0.15, 0.2) is 22.8 Å². The van der Waals surface area contributed by atoms with E-state index in [1.807, 2.05) is 6.92 Å². The van der Waals surface area contributed by atoms with Gasteiger partial charge in [0.15, 0.2) is 9.84 Å². The van der Waals surface area contributed by atoms with E-state index in [0.29, 0.717) is 25.3 Å². The molecule has 23 heavy (non-hydrogen) atoms. The third kappa shape index (κ3) is 5.24. The van der Waals surface area contributed by atoms with Crippen molar-refractivity contribution in [2.24, 2.45) is 5.92 Å². The molecule has 2 amide bonds. The van der Waals surface area contributed by atoms with Crippen LogP contribution in [-0.2, 0) is 14.6 Å². The van der Waals surface area contributed by atoms with Gasteiger partial charge in [0.25, 0.3) is 0 Å². The predicted molar refractivity (Wildman–Crippen MR) is 85.9 cm³/mol. The minimum Gasteiger partial charge on any atom is -0.467 e. The molecule has 0 spiro atoms. The Labute approximate surface area is 136 Å². The number of carbonyl (C=O) groups is 1. The van der Waals surface area contributed by atoms with Crippen LogP contribution < -0.4 is 5.32 Å². The van der Waals surface area contributed by atoms with Gasteiger partial charge in [0.2, 0.25) is 0 Å². The number of hydrogen-bond donors (Lipinski definition) is 1. The van der Waals surface area contributed by atoms with Crippen molar-refractivity contribution in [3.05, 3.63) is 24.2 Å². The van der Waals surface area contributed by atoms with Gasteiger partial charge < -0.3 is 19.4 Å². The lowest BCUT2D eigenvalue weighted by molar-refractivity contribution is 0.167. The molecule has 0 bridgehead atoms. The van der Waals surface area contributed by atoms with Gasteiger partial charge in [0.05, 0.1) is 23.8 Å². The van der Waals surface area contributed by atoms with Crippen molar-refractivity contribution >= 4 is 15.9 Å². The van der Waals surface area contributed by atoms with Gasteiger partial charge in [-0.15, -0.1) is 0 Å². The first-order chi connectivity index (χ1) is 10.9. The van der Waals surface area contributed by atoms with Crippen molar-refractivity contribution in [2.75, 3.05) is 38.3 Å². The summed E-state index contributed by atoms with van der Waals surface area (Å²) in [5, 5.41) is 2.92. The van der Waals surface area contributed by atoms with Gasteiger partial charge in [-0.2, -0.15) is 0 Å². The minimum atomic E-state index is -3.08. The van der Waals surface area contributed by atoms with Crippen molar-refractivity contribution in [3.8, 4) is 0 Å². The van der Waals surface area contributed by atoms with E-state index in [1.54, 1.807) is 30.4 Å². The minimum absolute atomic E-state index is 0.00818. The summed E-state index contributed by atoms with van der Waals surface area (Å²) in [6.45, 7) is 2.97. The van der Waals surface area contributed by atoms with E-state index in [0.717, 1.165) is 0 Å². The molecule has 1 aliphatic rings. The van der Waals surface area contributed by atoms with E-state index >= 15 is 0 Å². The Kier molecular flexibility index (Phi) is 6.06. The van der Waals surface area contributed by atoms with E-state index < -0.39 is 9.84 Å². The Morgan fingerprint density at radius 3 is 3.00 bits per heavy atom. The van der Waals surface area contributed by atoms with Crippen LogP contribution in [0.1, 0.15) is 25.1 Å². The molecule has 0 aliphatic carbocycles. The Bertz CT molecular complexity index is 599. The highest BCUT2D eigenvalue weighted by Gasteiger charge is 2.28. The summed E-state index contributed by atoms with van der Waals surface area (Å²) in [5.74, 6) is 0.719. The summed E-state index contributed by atoms with van der Waals surface area (Å²) in [6.07, 6.45) is 2.14. The highest BCUT2D eigenvalue weighted by molar-refractivity contribution is 7.91. The Balaban J connectivity index is 2.03. The zero-order chi connectivity index (χ0) is 16.9. The average molecular weight is 344 g/mol. The maximum Gasteiger partial charge on any atom is 0.318 e. The lowest BCUT2D eigenvalue weighted by atomic mass is 10.1. The van der Waals surface area contributed by atoms with Gasteiger partial charge in [-0.05, 0) is 24.5 Å². The lowest BCUT2D eigenvalue weighted by Gasteiger charge is -2.25. The van der Waals surface area contributed by atoms with E-state index in [9.17, 15) is 13.2 Å². The predicted octanol–water partition coefficient (Wildman–Crippen LogP) is 1.43. The molecule has 1 N–H and O–H groups in total. The number of carbonyl (C=O) groups excluding carboxylic acids is 1. The molecule has 1 saturated heterocycles. The van der Waals surface area contributed by atoms with Crippen LogP contribution in [0.4, 0.5) is 4.79 Å². The maximum atomic E-state index is 12.5. The molecular weight excluding hydrogens is 320 g/mol. The number of methoxy groups -OCH3 is 1. The van der Waals surface area contributed by atoms with Gasteiger partial charge in [0, 0.05) is 26.8 Å². The smallest absolute Gasteiger partial charge is 0.318 e. The maximum absolute atomic E-state index is 12.5. The molecule has 1 aromatic heterocycles. The van der Waals surface area contributed by atoms with Gasteiger partial charge in [0.1, 0.15) is 5.76 Å². The van der Waals surface area contributed by atoms with Crippen LogP contribution >= 0.6 is 0 Å². The van der Waals surface area contributed by atoms with E-state index in [-0.39, 0.29) is 36.0 Å². The second-order valence-corrected chi connectivity index (χ2v) is 8.19. The van der Waals surface area contributed by atoms with Gasteiger partial charge in [-0.3, -0.25) is 0 Å². The number of rotatable bonds is 5. The largest absolute Gasteiger partial charge is 0.467 e. The Hall–Kier alpha value is -1.54. The molecule has 1 aromatic rings. The number of amides is 2. The molecular formula is C15H24N2O5S. The Morgan fingerprint density at radius 2 is 2.35 bits per heavy atom. The summed E-state index contributed by atoms with van der Waals surface area (Å²) in [5.41, 5.74) is 0. The molecule has 2 rings (SSSR count). The third-order valence-corrected chi connectivity index (χ3v) is 5.71. The number of hydrogen-bond acceptors (Lipinski definition) is 5. The van der Waals surface area contributed by atoms with Crippen molar-refractivity contribution in [1.82, 2.24) is 10.2 Å². The van der Waals surface area contributed by atoms with Gasteiger partial charge >= 0.3 is 6.03 Å². The van der Waals surface area contributed by atoms with Crippen LogP contribution in [0, 0.1) is 5.92 Å². The summed E-state index contributed by atoms with van der Waals surface area (Å²) in [6, 6.07) is 3.00. The summed E-state index contributed by atoms with van der Waals surface area (Å²) >= 11 is 0. The Morgan fingerprint density at radius 1 is 1.57 bits per heavy atom. The van der Waals surface area contributed by atoms with Gasteiger partial charge in [-0.1, -0.05) is 6.92 Å². The fourth-order valence-electron chi connectivity index (χ4n) is 2.72. The summed E-state index contributed by atoms with van der Waals surface area (Å²) in [4.78, 5) is 14.1. The van der Waals surface area contributed by atoms with E-state index in [4.69, 9.17) is 9.15 Å². The zero-order valence-electron chi connectivity index (χ0n) is 13.5. The van der Waals surface area contributed by atoms with Crippen LogP contribution in [0.2, 0.25) is 0 Å². The average Bonchev–Trinajstić information content (AvgIpc) is 2.96. The molecule has 0 saturated carbocycles. The SMILES string of the molecule is COCC[C@@H](NC(=O)N1CCS(=O)(=O)C[C@H](C)C1)c1ccco1. The topological polar surface area (TPSA) is 88.9 Å². The first-order valence-corrected chi connectivity index (χ1v) is 9.51. The first kappa shape index (κ1) is 17.8. The first-order valence-electron chi connectivity index (χ1n) is 7.69. The molecule has 0 aromatic carbocycles. The number of nitrogens with zero attached hydrogens (tertiary/aromatic N) is 1. The fraction of sp³-hybridized carbons (Fsp3) is 0.667. The summed E-state index contributed by atoms with van der Waals surface area (Å²) in [7, 11) is -1.48. The molecule has 0 radical (unpaired) electrons. The normalized spacial score (nSPS) is 22.3. The van der Waals surface area contributed by atoms with Crippen LogP contribution in [0.3, 0.4) is 0 Å². The molecule has 130 valence electrons. The third-order valence-electron chi connectivity index (χ3n) is 3.82. The molecule has 0 unspecified atom stereocenters.